The molecule has 1 saturated heterocycles. The van der Waals surface area contributed by atoms with E-state index in [4.69, 9.17) is 10.00 Å². The number of ether oxygens (including phenoxy) is 1. The molecule has 1 aromatic carbocycles. The van der Waals surface area contributed by atoms with Crippen molar-refractivity contribution in [2.75, 3.05) is 19.7 Å². The molecule has 0 aromatic heterocycles. The van der Waals surface area contributed by atoms with Crippen molar-refractivity contribution in [2.24, 2.45) is 17.8 Å². The first-order valence-corrected chi connectivity index (χ1v) is 10.3. The van der Waals surface area contributed by atoms with Gasteiger partial charge in [0, 0.05) is 26.6 Å². The lowest BCUT2D eigenvalue weighted by Gasteiger charge is -2.38. The van der Waals surface area contributed by atoms with Crippen LogP contribution in [0.2, 0.25) is 0 Å². The van der Waals surface area contributed by atoms with E-state index in [1.165, 1.54) is 31.9 Å². The van der Waals surface area contributed by atoms with Gasteiger partial charge in [-0.15, -0.1) is 0 Å². The number of fused-ring (bicyclic) bond motifs is 1. The number of nitrogens with one attached hydrogen (secondary N) is 1. The van der Waals surface area contributed by atoms with Crippen LogP contribution in [0.1, 0.15) is 48.5 Å². The van der Waals surface area contributed by atoms with Gasteiger partial charge >= 0.3 is 0 Å². The highest BCUT2D eigenvalue weighted by atomic mass is 19.1. The molecule has 4 rings (SSSR count). The Labute approximate surface area is 170 Å². The Morgan fingerprint density at radius 2 is 2.00 bits per heavy atom. The van der Waals surface area contributed by atoms with Crippen molar-refractivity contribution >= 4 is 11.8 Å². The fraction of sp³-hybridized carbons (Fsp3) is 0.591. The van der Waals surface area contributed by atoms with E-state index in [0.29, 0.717) is 19.0 Å². The second kappa shape index (κ2) is 8.11. The summed E-state index contributed by atoms with van der Waals surface area (Å²) in [6.45, 7) is 3.37. The summed E-state index contributed by atoms with van der Waals surface area (Å²) in [5.41, 5.74) is 0.200. The molecule has 0 spiro atoms. The zero-order chi connectivity index (χ0) is 20.5. The van der Waals surface area contributed by atoms with Gasteiger partial charge in [-0.1, -0.05) is 0 Å². The molecule has 0 radical (unpaired) electrons. The second-order valence-electron chi connectivity index (χ2n) is 8.63. The average Bonchev–Trinajstić information content (AvgIpc) is 3.43. The van der Waals surface area contributed by atoms with Crippen LogP contribution in [0.15, 0.2) is 18.2 Å². The van der Waals surface area contributed by atoms with Gasteiger partial charge in [0.15, 0.2) is 0 Å². The van der Waals surface area contributed by atoms with Gasteiger partial charge in [-0.3, -0.25) is 9.59 Å². The molecule has 29 heavy (non-hydrogen) atoms. The minimum Gasteiger partial charge on any atom is -0.376 e. The van der Waals surface area contributed by atoms with Crippen LogP contribution in [0.3, 0.4) is 0 Å². The Bertz CT molecular complexity index is 848. The lowest BCUT2D eigenvalue weighted by atomic mass is 9.77. The highest BCUT2D eigenvalue weighted by Crippen LogP contribution is 2.39. The highest BCUT2D eigenvalue weighted by molar-refractivity contribution is 5.94. The van der Waals surface area contributed by atoms with Gasteiger partial charge in [0.05, 0.1) is 29.3 Å². The molecule has 154 valence electrons. The van der Waals surface area contributed by atoms with Crippen LogP contribution in [0.5, 0.6) is 0 Å². The van der Waals surface area contributed by atoms with Crippen molar-refractivity contribution in [3.63, 3.8) is 0 Å². The molecule has 7 heteroatoms. The number of nitriles is 1. The molecule has 4 atom stereocenters. The molecular weight excluding hydrogens is 373 g/mol. The lowest BCUT2D eigenvalue weighted by molar-refractivity contribution is -0.122. The van der Waals surface area contributed by atoms with Crippen LogP contribution in [-0.2, 0) is 9.53 Å². The van der Waals surface area contributed by atoms with Crippen LogP contribution < -0.4 is 5.32 Å². The first-order chi connectivity index (χ1) is 13.9. The molecule has 1 N–H and O–H groups in total. The van der Waals surface area contributed by atoms with E-state index in [2.05, 4.69) is 5.32 Å². The lowest BCUT2D eigenvalue weighted by Crippen LogP contribution is -2.50. The van der Waals surface area contributed by atoms with Crippen LogP contribution in [0.25, 0.3) is 0 Å². The van der Waals surface area contributed by atoms with E-state index < -0.39 is 5.82 Å². The highest BCUT2D eigenvalue weighted by Gasteiger charge is 2.44. The fourth-order valence-electron chi connectivity index (χ4n) is 4.65. The minimum atomic E-state index is -0.661. The molecule has 2 saturated carbocycles. The van der Waals surface area contributed by atoms with E-state index >= 15 is 0 Å². The predicted molar refractivity (Wildman–Crippen MR) is 103 cm³/mol. The maximum absolute atomic E-state index is 14.3. The summed E-state index contributed by atoms with van der Waals surface area (Å²) in [5.74, 6) is 0.122. The van der Waals surface area contributed by atoms with Crippen LogP contribution >= 0.6 is 0 Å². The van der Waals surface area contributed by atoms with Crippen molar-refractivity contribution in [1.82, 2.24) is 10.2 Å². The number of carbonyl (C=O) groups excluding carboxylic acids is 2. The Hall–Kier alpha value is -2.46. The van der Waals surface area contributed by atoms with Crippen molar-refractivity contribution in [3.8, 4) is 6.07 Å². The molecule has 6 nitrogen and oxygen atoms in total. The summed E-state index contributed by atoms with van der Waals surface area (Å²) in [6, 6.07) is 5.79. The Morgan fingerprint density at radius 1 is 1.28 bits per heavy atom. The van der Waals surface area contributed by atoms with Gasteiger partial charge in [-0.2, -0.15) is 5.26 Å². The number of hydrogen-bond donors (Lipinski definition) is 1. The van der Waals surface area contributed by atoms with Gasteiger partial charge in [0.1, 0.15) is 5.82 Å². The molecular formula is C22H26FN3O3. The van der Waals surface area contributed by atoms with Crippen LogP contribution in [-0.4, -0.2) is 48.6 Å². The third-order valence-electron chi connectivity index (χ3n) is 6.36. The Kier molecular flexibility index (Phi) is 5.55. The SMILES string of the molecule is CC(=O)N[C@@H]1C[C@@H]2CN(C(=O)c3ccc(C#N)cc3F)C[C@@H]2C[C@H]1OCC1CC1. The first-order valence-electron chi connectivity index (χ1n) is 10.3. The van der Waals surface area contributed by atoms with Crippen molar-refractivity contribution < 1.29 is 18.7 Å². The molecule has 1 heterocycles. The van der Waals surface area contributed by atoms with E-state index in [-0.39, 0.29) is 46.9 Å². The summed E-state index contributed by atoms with van der Waals surface area (Å²) < 4.78 is 20.4. The molecule has 2 aliphatic carbocycles. The number of amides is 2. The van der Waals surface area contributed by atoms with Crippen molar-refractivity contribution in [3.05, 3.63) is 35.1 Å². The quantitative estimate of drug-likeness (QED) is 0.825. The summed E-state index contributed by atoms with van der Waals surface area (Å²) in [4.78, 5) is 26.2. The predicted octanol–water partition coefficient (Wildman–Crippen LogP) is 2.48. The number of nitrogens with zero attached hydrogens (tertiary/aromatic N) is 2. The monoisotopic (exact) mass is 399 g/mol. The number of rotatable bonds is 5. The van der Waals surface area contributed by atoms with E-state index in [1.54, 1.807) is 4.90 Å². The molecule has 3 aliphatic rings. The fourth-order valence-corrected chi connectivity index (χ4v) is 4.65. The zero-order valence-corrected chi connectivity index (χ0v) is 16.6. The number of benzene rings is 1. The number of halogens is 1. The topological polar surface area (TPSA) is 82.4 Å². The Morgan fingerprint density at radius 3 is 2.62 bits per heavy atom. The molecule has 3 fully saturated rings. The van der Waals surface area contributed by atoms with E-state index in [0.717, 1.165) is 25.5 Å². The number of carbonyl (C=O) groups is 2. The number of likely N-dealkylation sites (tertiary alicyclic amines) is 1. The van der Waals surface area contributed by atoms with Crippen molar-refractivity contribution in [2.45, 2.75) is 44.8 Å². The zero-order valence-electron chi connectivity index (χ0n) is 16.6. The summed E-state index contributed by atoms with van der Waals surface area (Å²) in [7, 11) is 0. The third-order valence-corrected chi connectivity index (χ3v) is 6.36. The molecule has 2 amide bonds. The minimum absolute atomic E-state index is 0.00240. The summed E-state index contributed by atoms with van der Waals surface area (Å²) in [5, 5.41) is 11.9. The largest absolute Gasteiger partial charge is 0.376 e. The first kappa shape index (κ1) is 19.8. The summed E-state index contributed by atoms with van der Waals surface area (Å²) >= 11 is 0. The maximum Gasteiger partial charge on any atom is 0.256 e. The normalized spacial score (nSPS) is 28.5. The molecule has 1 aliphatic heterocycles. The second-order valence-corrected chi connectivity index (χ2v) is 8.63. The number of hydrogen-bond acceptors (Lipinski definition) is 4. The van der Waals surface area contributed by atoms with E-state index in [9.17, 15) is 14.0 Å². The maximum atomic E-state index is 14.3. The van der Waals surface area contributed by atoms with Crippen LogP contribution in [0.4, 0.5) is 4.39 Å². The van der Waals surface area contributed by atoms with Gasteiger partial charge in [0.2, 0.25) is 5.91 Å². The molecule has 0 unspecified atom stereocenters. The van der Waals surface area contributed by atoms with Crippen molar-refractivity contribution in [1.29, 1.82) is 5.26 Å². The standard InChI is InChI=1S/C22H26FN3O3/c1-13(27)25-20-7-16-10-26(11-17(16)8-21(20)29-12-14-2-3-14)22(28)18-5-4-15(9-24)6-19(18)23/h4-6,14,16-17,20-21H,2-3,7-8,10-12H2,1H3,(H,25,27)/t16-,17+,20-,21-/m1/s1. The Balaban J connectivity index is 1.44. The van der Waals surface area contributed by atoms with Gasteiger partial charge in [-0.25, -0.2) is 4.39 Å². The van der Waals surface area contributed by atoms with Gasteiger partial charge < -0.3 is 15.0 Å². The molecule has 0 bridgehead atoms. The smallest absolute Gasteiger partial charge is 0.256 e. The van der Waals surface area contributed by atoms with E-state index in [1.807, 2.05) is 6.07 Å². The van der Waals surface area contributed by atoms with Crippen LogP contribution in [0, 0.1) is 34.9 Å². The van der Waals surface area contributed by atoms with Gasteiger partial charge in [-0.05, 0) is 61.6 Å². The molecule has 1 aromatic rings. The summed E-state index contributed by atoms with van der Waals surface area (Å²) in [6.07, 6.45) is 3.94. The third kappa shape index (κ3) is 4.43. The van der Waals surface area contributed by atoms with Gasteiger partial charge in [0.25, 0.3) is 5.91 Å². The average molecular weight is 399 g/mol.